The Balaban J connectivity index is 1.14. The highest BCUT2D eigenvalue weighted by molar-refractivity contribution is 7.13. The van der Waals surface area contributed by atoms with E-state index in [9.17, 15) is 18.4 Å². The van der Waals surface area contributed by atoms with Crippen LogP contribution in [-0.2, 0) is 29.5 Å². The van der Waals surface area contributed by atoms with Gasteiger partial charge in [0.25, 0.3) is 24.0 Å². The summed E-state index contributed by atoms with van der Waals surface area (Å²) in [4.78, 5) is 31.8. The standard InChI is InChI=1S/C26H31F2N5O4S/c1-32-12-19-18(3-2-4-20(19)31-32)25(35)29-17-7-5-16(6-8-17)11-24(37-15-34)33-10-9-22-21(13-33)30-26(38-22)36-14-23(27)28/h2-4,12,15-17,23-24H,5-11,13-14H2,1H3,(H,29,35). The molecule has 1 fully saturated rings. The van der Waals surface area contributed by atoms with Crippen molar-refractivity contribution in [3.8, 4) is 5.19 Å². The zero-order valence-corrected chi connectivity index (χ0v) is 22.0. The number of nitrogens with zero attached hydrogens (tertiary/aromatic N) is 4. The van der Waals surface area contributed by atoms with E-state index in [1.54, 1.807) is 4.68 Å². The first-order valence-corrected chi connectivity index (χ1v) is 13.7. The number of benzene rings is 1. The van der Waals surface area contributed by atoms with Crippen LogP contribution in [-0.4, -0.2) is 63.9 Å². The fourth-order valence-corrected chi connectivity index (χ4v) is 6.36. The van der Waals surface area contributed by atoms with Crippen molar-refractivity contribution in [2.24, 2.45) is 13.0 Å². The lowest BCUT2D eigenvalue weighted by Gasteiger charge is -2.36. The van der Waals surface area contributed by atoms with Gasteiger partial charge in [0.1, 0.15) is 0 Å². The van der Waals surface area contributed by atoms with E-state index in [2.05, 4.69) is 20.3 Å². The minimum atomic E-state index is -2.54. The number of alkyl halides is 2. The van der Waals surface area contributed by atoms with E-state index in [0.29, 0.717) is 43.9 Å². The van der Waals surface area contributed by atoms with Crippen LogP contribution in [0.1, 0.15) is 53.0 Å². The molecule has 2 aliphatic rings. The van der Waals surface area contributed by atoms with Crippen LogP contribution in [0, 0.1) is 5.92 Å². The second kappa shape index (κ2) is 11.7. The Bertz CT molecular complexity index is 1270. The Morgan fingerprint density at radius 2 is 2.11 bits per heavy atom. The van der Waals surface area contributed by atoms with Gasteiger partial charge in [0.05, 0.1) is 16.8 Å². The number of ether oxygens (including phenoxy) is 2. The molecular weight excluding hydrogens is 516 g/mol. The highest BCUT2D eigenvalue weighted by Crippen LogP contribution is 2.34. The van der Waals surface area contributed by atoms with E-state index >= 15 is 0 Å². The van der Waals surface area contributed by atoms with Crippen molar-refractivity contribution in [1.29, 1.82) is 0 Å². The number of carbonyl (C=O) groups excluding carboxylic acids is 2. The van der Waals surface area contributed by atoms with Gasteiger partial charge in [-0.2, -0.15) is 5.10 Å². The second-order valence-electron chi connectivity index (χ2n) is 9.93. The predicted molar refractivity (Wildman–Crippen MR) is 137 cm³/mol. The van der Waals surface area contributed by atoms with Gasteiger partial charge in [-0.15, -0.1) is 0 Å². The maximum Gasteiger partial charge on any atom is 0.294 e. The molecule has 1 unspecified atom stereocenters. The number of aromatic nitrogens is 3. The van der Waals surface area contributed by atoms with E-state index in [4.69, 9.17) is 9.47 Å². The van der Waals surface area contributed by atoms with Crippen molar-refractivity contribution in [2.45, 2.75) is 63.8 Å². The van der Waals surface area contributed by atoms with Gasteiger partial charge >= 0.3 is 0 Å². The number of rotatable bonds is 10. The Morgan fingerprint density at radius 3 is 2.87 bits per heavy atom. The van der Waals surface area contributed by atoms with Crippen LogP contribution in [0.4, 0.5) is 8.78 Å². The number of hydrogen-bond acceptors (Lipinski definition) is 8. The minimum Gasteiger partial charge on any atom is -0.464 e. The lowest BCUT2D eigenvalue weighted by Crippen LogP contribution is -2.43. The lowest BCUT2D eigenvalue weighted by molar-refractivity contribution is -0.147. The average molecular weight is 548 g/mol. The van der Waals surface area contributed by atoms with Gasteiger partial charge in [0, 0.05) is 49.1 Å². The Hall–Kier alpha value is -3.12. The van der Waals surface area contributed by atoms with Crippen molar-refractivity contribution in [3.63, 3.8) is 0 Å². The van der Waals surface area contributed by atoms with Gasteiger partial charge in [0.2, 0.25) is 0 Å². The van der Waals surface area contributed by atoms with Crippen LogP contribution >= 0.6 is 11.3 Å². The third-order valence-electron chi connectivity index (χ3n) is 7.32. The van der Waals surface area contributed by atoms with Gasteiger partial charge in [-0.3, -0.25) is 19.2 Å². The third-order valence-corrected chi connectivity index (χ3v) is 8.39. The van der Waals surface area contributed by atoms with E-state index < -0.39 is 13.0 Å². The van der Waals surface area contributed by atoms with E-state index in [0.717, 1.165) is 47.2 Å². The molecule has 1 aromatic carbocycles. The van der Waals surface area contributed by atoms with Crippen LogP contribution in [0.2, 0.25) is 0 Å². The summed E-state index contributed by atoms with van der Waals surface area (Å²) in [5.74, 6) is 0.273. The molecule has 1 amide bonds. The topological polar surface area (TPSA) is 98.6 Å². The minimum absolute atomic E-state index is 0.0847. The molecular formula is C26H31F2N5O4S. The van der Waals surface area contributed by atoms with Crippen LogP contribution in [0.15, 0.2) is 24.4 Å². The summed E-state index contributed by atoms with van der Waals surface area (Å²) >= 11 is 1.30. The lowest BCUT2D eigenvalue weighted by atomic mass is 9.83. The first-order valence-electron chi connectivity index (χ1n) is 12.9. The molecule has 1 saturated carbocycles. The molecule has 3 heterocycles. The van der Waals surface area contributed by atoms with Crippen LogP contribution in [0.25, 0.3) is 10.9 Å². The molecule has 1 aliphatic carbocycles. The molecule has 12 heteroatoms. The highest BCUT2D eigenvalue weighted by Gasteiger charge is 2.32. The molecule has 204 valence electrons. The van der Waals surface area contributed by atoms with Gasteiger partial charge in [-0.1, -0.05) is 17.4 Å². The van der Waals surface area contributed by atoms with Crippen molar-refractivity contribution in [2.75, 3.05) is 13.2 Å². The molecule has 5 rings (SSSR count). The predicted octanol–water partition coefficient (Wildman–Crippen LogP) is 3.91. The van der Waals surface area contributed by atoms with Gasteiger partial charge in [-0.25, -0.2) is 13.8 Å². The third kappa shape index (κ3) is 6.12. The first kappa shape index (κ1) is 26.5. The molecule has 9 nitrogen and oxygen atoms in total. The quantitative estimate of drug-likeness (QED) is 0.384. The van der Waals surface area contributed by atoms with E-state index in [1.165, 1.54) is 11.3 Å². The highest BCUT2D eigenvalue weighted by atomic mass is 32.1. The maximum absolute atomic E-state index is 13.0. The molecule has 0 radical (unpaired) electrons. The molecule has 38 heavy (non-hydrogen) atoms. The van der Waals surface area contributed by atoms with Crippen molar-refractivity contribution >= 4 is 34.6 Å². The fourth-order valence-electron chi connectivity index (χ4n) is 5.44. The summed E-state index contributed by atoms with van der Waals surface area (Å²) in [6.07, 6.45) is 3.88. The summed E-state index contributed by atoms with van der Waals surface area (Å²) in [5, 5.41) is 8.67. The summed E-state index contributed by atoms with van der Waals surface area (Å²) in [7, 11) is 1.84. The molecule has 1 atom stereocenters. The van der Waals surface area contributed by atoms with Crippen LogP contribution < -0.4 is 10.1 Å². The van der Waals surface area contributed by atoms with Crippen molar-refractivity contribution < 1.29 is 27.8 Å². The number of amides is 1. The number of thiazole rings is 1. The molecule has 0 saturated heterocycles. The molecule has 1 aliphatic heterocycles. The molecule has 2 aromatic heterocycles. The van der Waals surface area contributed by atoms with Crippen molar-refractivity contribution in [1.82, 2.24) is 25.0 Å². The zero-order valence-electron chi connectivity index (χ0n) is 21.1. The maximum atomic E-state index is 13.0. The number of nitrogens with one attached hydrogen (secondary N) is 1. The number of hydrogen-bond donors (Lipinski definition) is 1. The van der Waals surface area contributed by atoms with E-state index in [1.807, 2.05) is 31.4 Å². The summed E-state index contributed by atoms with van der Waals surface area (Å²) in [6, 6.07) is 5.66. The Morgan fingerprint density at radius 1 is 1.29 bits per heavy atom. The number of carbonyl (C=O) groups is 2. The summed E-state index contributed by atoms with van der Waals surface area (Å²) in [5.41, 5.74) is 2.22. The normalized spacial score (nSPS) is 20.7. The van der Waals surface area contributed by atoms with Gasteiger partial charge < -0.3 is 14.8 Å². The van der Waals surface area contributed by atoms with Crippen LogP contribution in [0.3, 0.4) is 0 Å². The van der Waals surface area contributed by atoms with E-state index in [-0.39, 0.29) is 23.4 Å². The average Bonchev–Trinajstić information content (AvgIpc) is 3.49. The zero-order chi connectivity index (χ0) is 26.6. The summed E-state index contributed by atoms with van der Waals surface area (Å²) in [6.45, 7) is 0.986. The molecule has 1 N–H and O–H groups in total. The Labute approximate surface area is 223 Å². The van der Waals surface area contributed by atoms with Gasteiger partial charge in [-0.05, 0) is 50.2 Å². The molecule has 3 aromatic rings. The number of fused-ring (bicyclic) bond motifs is 2. The smallest absolute Gasteiger partial charge is 0.294 e. The molecule has 0 bridgehead atoms. The Kier molecular flexibility index (Phi) is 8.18. The first-order chi connectivity index (χ1) is 18.4. The number of halogens is 2. The second-order valence-corrected chi connectivity index (χ2v) is 11.0. The SMILES string of the molecule is Cn1cc2c(C(=O)NC3CCC(CC(OC=O)N4CCc5sc(OCC(F)F)nc5C4)CC3)cccc2n1. The monoisotopic (exact) mass is 547 g/mol. The van der Waals surface area contributed by atoms with Crippen LogP contribution in [0.5, 0.6) is 5.19 Å². The van der Waals surface area contributed by atoms with Gasteiger partial charge in [0.15, 0.2) is 12.8 Å². The molecule has 0 spiro atoms. The van der Waals surface area contributed by atoms with Crippen molar-refractivity contribution in [3.05, 3.63) is 40.5 Å². The number of aryl methyl sites for hydroxylation is 1. The largest absolute Gasteiger partial charge is 0.464 e. The fraction of sp³-hybridized carbons (Fsp3) is 0.538. The summed E-state index contributed by atoms with van der Waals surface area (Å²) < 4.78 is 37.2.